The number of benzene rings is 2. The van der Waals surface area contributed by atoms with Crippen molar-refractivity contribution in [1.82, 2.24) is 15.3 Å². The molecule has 2 aromatic carbocycles. The van der Waals surface area contributed by atoms with Crippen molar-refractivity contribution in [2.75, 3.05) is 23.8 Å². The molecule has 0 radical (unpaired) electrons. The van der Waals surface area contributed by atoms with Gasteiger partial charge in [0.25, 0.3) is 5.91 Å². The molecule has 5 rings (SSSR count). The number of amides is 1. The molecule has 2 atom stereocenters. The van der Waals surface area contributed by atoms with Gasteiger partial charge in [0.15, 0.2) is 9.84 Å². The zero-order chi connectivity index (χ0) is 31.5. The number of carbonyl (C=O) groups is 1. The zero-order valence-electron chi connectivity index (χ0n) is 24.1. The van der Waals surface area contributed by atoms with E-state index in [4.69, 9.17) is 9.47 Å². The smallest absolute Gasteiger partial charge is 0.416 e. The van der Waals surface area contributed by atoms with Crippen LogP contribution in [-0.2, 0) is 27.3 Å². The summed E-state index contributed by atoms with van der Waals surface area (Å²) in [5.74, 6) is 1.28. The molecule has 1 aliphatic heterocycles. The monoisotopic (exact) mass is 630 g/mol. The van der Waals surface area contributed by atoms with Gasteiger partial charge in [-0.3, -0.25) is 4.79 Å². The Morgan fingerprint density at radius 2 is 1.73 bits per heavy atom. The summed E-state index contributed by atoms with van der Waals surface area (Å²) in [4.78, 5) is 23.7. The SMILES string of the molecule is C=C(OCC1CC1)[C@@H]1C[C@@H](Oc2ccc(C(F)(F)F)cc2)CN1c1ncc(C(=O)NCc2ccc(S(=O)(=O)CC)cc2)cn1. The molecule has 0 bridgehead atoms. The van der Waals surface area contributed by atoms with E-state index in [1.54, 1.807) is 19.1 Å². The molecule has 13 heteroatoms. The largest absolute Gasteiger partial charge is 0.496 e. The van der Waals surface area contributed by atoms with Crippen LogP contribution in [0, 0.1) is 5.92 Å². The van der Waals surface area contributed by atoms with E-state index in [9.17, 15) is 26.4 Å². The molecule has 0 spiro atoms. The lowest BCUT2D eigenvalue weighted by atomic mass is 10.1. The Morgan fingerprint density at radius 3 is 2.32 bits per heavy atom. The highest BCUT2D eigenvalue weighted by Crippen LogP contribution is 2.34. The Labute approximate surface area is 254 Å². The maximum absolute atomic E-state index is 13.0. The molecule has 1 saturated heterocycles. The maximum atomic E-state index is 13.0. The standard InChI is InChI=1S/C31H33F3N4O5S/c1-3-44(40,41)27-12-6-21(7-13-27)15-35-29(39)23-16-36-30(37-17-23)38-18-26(14-28(38)20(2)42-19-22-4-5-22)43-25-10-8-24(9-11-25)31(32,33)34/h6-13,16-17,22,26,28H,2-5,14-15,18-19H2,1H3,(H,35,39)/t26-,28+/m1/s1. The Kier molecular flexibility index (Phi) is 9.14. The average molecular weight is 631 g/mol. The fraction of sp³-hybridized carbons (Fsp3) is 0.387. The summed E-state index contributed by atoms with van der Waals surface area (Å²) in [7, 11) is -3.31. The fourth-order valence-corrected chi connectivity index (χ4v) is 5.67. The number of anilines is 1. The molecule has 3 aromatic rings. The highest BCUT2D eigenvalue weighted by atomic mass is 32.2. The molecule has 2 aliphatic rings. The van der Waals surface area contributed by atoms with Crippen LogP contribution in [0.5, 0.6) is 5.75 Å². The third kappa shape index (κ3) is 7.68. The second kappa shape index (κ2) is 12.8. The molecular formula is C31H33F3N4O5S. The number of sulfone groups is 1. The molecule has 44 heavy (non-hydrogen) atoms. The van der Waals surface area contributed by atoms with Gasteiger partial charge in [0.1, 0.15) is 17.6 Å². The Morgan fingerprint density at radius 1 is 1.07 bits per heavy atom. The highest BCUT2D eigenvalue weighted by Gasteiger charge is 2.38. The lowest BCUT2D eigenvalue weighted by molar-refractivity contribution is -0.137. The van der Waals surface area contributed by atoms with Gasteiger partial charge in [0, 0.05) is 25.4 Å². The molecule has 9 nitrogen and oxygen atoms in total. The summed E-state index contributed by atoms with van der Waals surface area (Å²) in [6.45, 7) is 6.77. The Balaban J connectivity index is 1.23. The topological polar surface area (TPSA) is 111 Å². The van der Waals surface area contributed by atoms with Gasteiger partial charge in [0.2, 0.25) is 5.95 Å². The van der Waals surface area contributed by atoms with Gasteiger partial charge in [-0.2, -0.15) is 13.2 Å². The number of rotatable bonds is 12. The number of ether oxygens (including phenoxy) is 2. The first-order valence-corrected chi connectivity index (χ1v) is 15.9. The molecular weight excluding hydrogens is 597 g/mol. The van der Waals surface area contributed by atoms with Crippen molar-refractivity contribution in [1.29, 1.82) is 0 Å². The molecule has 1 aliphatic carbocycles. The average Bonchev–Trinajstić information content (AvgIpc) is 3.76. The van der Waals surface area contributed by atoms with Gasteiger partial charge in [-0.1, -0.05) is 25.6 Å². The summed E-state index contributed by atoms with van der Waals surface area (Å²) in [6.07, 6.45) is 0.653. The molecule has 2 fully saturated rings. The van der Waals surface area contributed by atoms with Crippen molar-refractivity contribution in [3.05, 3.63) is 90.0 Å². The normalized spacial score (nSPS) is 18.6. The van der Waals surface area contributed by atoms with E-state index < -0.39 is 33.6 Å². The van der Waals surface area contributed by atoms with Crippen LogP contribution in [0.15, 0.2) is 78.2 Å². The second-order valence-corrected chi connectivity index (χ2v) is 13.2. The van der Waals surface area contributed by atoms with Crippen LogP contribution < -0.4 is 15.0 Å². The Bertz CT molecular complexity index is 1580. The summed E-state index contributed by atoms with van der Waals surface area (Å²) in [5.41, 5.74) is 0.209. The van der Waals surface area contributed by atoms with E-state index in [2.05, 4.69) is 21.9 Å². The van der Waals surface area contributed by atoms with Crippen LogP contribution in [0.4, 0.5) is 19.1 Å². The van der Waals surface area contributed by atoms with Crippen LogP contribution in [0.2, 0.25) is 0 Å². The van der Waals surface area contributed by atoms with Crippen LogP contribution in [0.3, 0.4) is 0 Å². The van der Waals surface area contributed by atoms with E-state index >= 15 is 0 Å². The number of hydrogen-bond acceptors (Lipinski definition) is 8. The minimum absolute atomic E-state index is 0.00564. The van der Waals surface area contributed by atoms with E-state index in [1.165, 1.54) is 36.7 Å². The first kappa shape index (κ1) is 31.3. The zero-order valence-corrected chi connectivity index (χ0v) is 24.9. The minimum Gasteiger partial charge on any atom is -0.496 e. The molecule has 1 saturated carbocycles. The predicted molar refractivity (Wildman–Crippen MR) is 157 cm³/mol. The molecule has 1 N–H and O–H groups in total. The number of carbonyl (C=O) groups excluding carboxylic acids is 1. The van der Waals surface area contributed by atoms with E-state index in [0.29, 0.717) is 42.9 Å². The molecule has 1 amide bonds. The first-order valence-electron chi connectivity index (χ1n) is 14.3. The van der Waals surface area contributed by atoms with Gasteiger partial charge in [-0.25, -0.2) is 18.4 Å². The van der Waals surface area contributed by atoms with Crippen LogP contribution >= 0.6 is 0 Å². The summed E-state index contributed by atoms with van der Waals surface area (Å²) in [5, 5.41) is 2.78. The third-order valence-electron chi connectivity index (χ3n) is 7.59. The van der Waals surface area contributed by atoms with E-state index in [-0.39, 0.29) is 28.8 Å². The van der Waals surface area contributed by atoms with Crippen LogP contribution in [0.25, 0.3) is 0 Å². The molecule has 234 valence electrons. The van der Waals surface area contributed by atoms with Crippen LogP contribution in [-0.4, -0.2) is 55.3 Å². The van der Waals surface area contributed by atoms with E-state index in [1.807, 2.05) is 4.90 Å². The van der Waals surface area contributed by atoms with Gasteiger partial charge < -0.3 is 19.7 Å². The molecule has 0 unspecified atom stereocenters. The first-order chi connectivity index (χ1) is 20.9. The van der Waals surface area contributed by atoms with Crippen molar-refractivity contribution >= 4 is 21.7 Å². The molecule has 2 heterocycles. The number of alkyl halides is 3. The van der Waals surface area contributed by atoms with Gasteiger partial charge >= 0.3 is 6.18 Å². The summed E-state index contributed by atoms with van der Waals surface area (Å²) >= 11 is 0. The number of nitrogens with one attached hydrogen (secondary N) is 1. The number of halogens is 3. The number of hydrogen-bond donors (Lipinski definition) is 1. The van der Waals surface area contributed by atoms with Gasteiger partial charge in [-0.15, -0.1) is 0 Å². The number of nitrogens with zero attached hydrogens (tertiary/aromatic N) is 3. The molecule has 1 aromatic heterocycles. The van der Waals surface area contributed by atoms with Crippen molar-refractivity contribution < 1.29 is 35.9 Å². The summed E-state index contributed by atoms with van der Waals surface area (Å²) in [6, 6.07) is 10.5. The van der Waals surface area contributed by atoms with Gasteiger partial charge in [0.05, 0.1) is 41.0 Å². The van der Waals surface area contributed by atoms with Crippen molar-refractivity contribution in [3.8, 4) is 5.75 Å². The lowest BCUT2D eigenvalue weighted by Crippen LogP contribution is -2.34. The van der Waals surface area contributed by atoms with Crippen LogP contribution in [0.1, 0.15) is 47.7 Å². The second-order valence-electron chi connectivity index (χ2n) is 10.9. The predicted octanol–water partition coefficient (Wildman–Crippen LogP) is 5.19. The van der Waals surface area contributed by atoms with Gasteiger partial charge in [-0.05, 0) is 60.7 Å². The maximum Gasteiger partial charge on any atom is 0.416 e. The highest BCUT2D eigenvalue weighted by molar-refractivity contribution is 7.91. The summed E-state index contributed by atoms with van der Waals surface area (Å²) < 4.78 is 74.9. The third-order valence-corrected chi connectivity index (χ3v) is 9.34. The quantitative estimate of drug-likeness (QED) is 0.273. The van der Waals surface area contributed by atoms with Crippen molar-refractivity contribution in [3.63, 3.8) is 0 Å². The fourth-order valence-electron chi connectivity index (χ4n) is 4.78. The lowest BCUT2D eigenvalue weighted by Gasteiger charge is -2.25. The Hall–Kier alpha value is -4.13. The van der Waals surface area contributed by atoms with Crippen molar-refractivity contribution in [2.24, 2.45) is 5.92 Å². The van der Waals surface area contributed by atoms with Crippen molar-refractivity contribution in [2.45, 2.75) is 55.9 Å². The minimum atomic E-state index is -4.43. The number of aromatic nitrogens is 2. The van der Waals surface area contributed by atoms with E-state index in [0.717, 1.165) is 30.5 Å².